The maximum atomic E-state index is 8.41. The van der Waals surface area contributed by atoms with Gasteiger partial charge < -0.3 is 0 Å². The lowest BCUT2D eigenvalue weighted by Crippen LogP contribution is -1.90. The summed E-state index contributed by atoms with van der Waals surface area (Å²) in [6.07, 6.45) is 1.83. The van der Waals surface area contributed by atoms with Crippen molar-refractivity contribution < 1.29 is 1.37 Å². The number of aromatic nitrogens is 1. The van der Waals surface area contributed by atoms with E-state index in [9.17, 15) is 0 Å². The van der Waals surface area contributed by atoms with Gasteiger partial charge in [0.2, 0.25) is 0 Å². The number of nitrogens with zero attached hydrogens (tertiary/aromatic N) is 1. The van der Waals surface area contributed by atoms with Gasteiger partial charge in [0, 0.05) is 33.3 Å². The number of benzene rings is 4. The van der Waals surface area contributed by atoms with Crippen LogP contribution >= 0.6 is 11.3 Å². The third-order valence-electron chi connectivity index (χ3n) is 6.18. The Labute approximate surface area is 187 Å². The van der Waals surface area contributed by atoms with Crippen LogP contribution in [0, 0.1) is 6.92 Å². The summed E-state index contributed by atoms with van der Waals surface area (Å²) < 4.78 is 11.0. The van der Waals surface area contributed by atoms with Crippen molar-refractivity contribution in [3.8, 4) is 11.3 Å². The van der Waals surface area contributed by atoms with Gasteiger partial charge in [0.25, 0.3) is 0 Å². The molecule has 0 unspecified atom stereocenters. The highest BCUT2D eigenvalue weighted by Gasteiger charge is 2.13. The molecule has 6 rings (SSSR count). The lowest BCUT2D eigenvalue weighted by Gasteiger charge is -2.08. The first-order valence-corrected chi connectivity index (χ1v) is 11.4. The monoisotopic (exact) mass is 418 g/mol. The summed E-state index contributed by atoms with van der Waals surface area (Å²) in [7, 11) is 0. The second-order valence-electron chi connectivity index (χ2n) is 8.61. The molecule has 2 heterocycles. The van der Waals surface area contributed by atoms with Crippen molar-refractivity contribution in [2.75, 3.05) is 0 Å². The standard InChI is InChI=1S/C29H23NS/c1-17(2)19-9-10-30-27(15-19)25-6-4-5-24-26-14-22-12-20-8-7-18(3)11-21(20)13-23(22)16-28(26)31-29(24)25/h4-17H,1-3H3/i17D. The minimum absolute atomic E-state index is 0.649. The Balaban J connectivity index is 1.62. The van der Waals surface area contributed by atoms with E-state index in [-0.39, 0.29) is 0 Å². The van der Waals surface area contributed by atoms with Gasteiger partial charge in [0.1, 0.15) is 0 Å². The van der Waals surface area contributed by atoms with Crippen LogP contribution in [0.25, 0.3) is 53.0 Å². The third-order valence-corrected chi connectivity index (χ3v) is 7.38. The smallest absolute Gasteiger partial charge is 0.0719 e. The van der Waals surface area contributed by atoms with E-state index in [2.05, 4.69) is 78.6 Å². The molecule has 0 saturated carbocycles. The van der Waals surface area contributed by atoms with E-state index in [1.54, 1.807) is 0 Å². The van der Waals surface area contributed by atoms with Gasteiger partial charge in [-0.1, -0.05) is 55.8 Å². The van der Waals surface area contributed by atoms with E-state index in [0.717, 1.165) is 16.8 Å². The van der Waals surface area contributed by atoms with Gasteiger partial charge in [-0.05, 0) is 76.3 Å². The Kier molecular flexibility index (Phi) is 3.88. The second kappa shape index (κ2) is 6.90. The number of fused-ring (bicyclic) bond motifs is 5. The van der Waals surface area contributed by atoms with Crippen molar-refractivity contribution >= 4 is 53.1 Å². The Bertz CT molecular complexity index is 1670. The minimum atomic E-state index is -0.649. The summed E-state index contributed by atoms with van der Waals surface area (Å²) >= 11 is 1.83. The number of aryl methyl sites for hydroxylation is 1. The van der Waals surface area contributed by atoms with Crippen LogP contribution in [0.1, 0.15) is 32.2 Å². The molecule has 0 aliphatic carbocycles. The maximum Gasteiger partial charge on any atom is 0.0719 e. The zero-order chi connectivity index (χ0) is 22.0. The highest BCUT2D eigenvalue weighted by molar-refractivity contribution is 7.26. The maximum absolute atomic E-state index is 8.41. The van der Waals surface area contributed by atoms with Crippen LogP contribution in [0.5, 0.6) is 0 Å². The molecule has 0 amide bonds. The van der Waals surface area contributed by atoms with Crippen LogP contribution in [0.15, 0.2) is 79.0 Å². The van der Waals surface area contributed by atoms with Crippen LogP contribution in [0.4, 0.5) is 0 Å². The van der Waals surface area contributed by atoms with Crippen molar-refractivity contribution in [3.63, 3.8) is 0 Å². The molecule has 0 aliphatic rings. The fraction of sp³-hybridized carbons (Fsp3) is 0.138. The molecule has 0 bridgehead atoms. The predicted molar refractivity (Wildman–Crippen MR) is 136 cm³/mol. The molecular formula is C29H23NS. The Morgan fingerprint density at radius 2 is 1.61 bits per heavy atom. The largest absolute Gasteiger partial charge is 0.256 e. The lowest BCUT2D eigenvalue weighted by molar-refractivity contribution is 0.864. The Morgan fingerprint density at radius 1 is 0.806 bits per heavy atom. The van der Waals surface area contributed by atoms with Crippen LogP contribution < -0.4 is 0 Å². The topological polar surface area (TPSA) is 12.9 Å². The van der Waals surface area contributed by atoms with Crippen LogP contribution in [-0.4, -0.2) is 4.98 Å². The van der Waals surface area contributed by atoms with E-state index in [1.165, 1.54) is 47.3 Å². The van der Waals surface area contributed by atoms with Crippen molar-refractivity contribution in [3.05, 3.63) is 90.1 Å². The fourth-order valence-corrected chi connectivity index (χ4v) is 5.76. The molecule has 0 aliphatic heterocycles. The molecule has 6 aromatic rings. The van der Waals surface area contributed by atoms with Crippen LogP contribution in [0.3, 0.4) is 0 Å². The zero-order valence-corrected chi connectivity index (χ0v) is 18.7. The van der Waals surface area contributed by atoms with E-state index in [0.29, 0.717) is 0 Å². The molecule has 0 fully saturated rings. The molecule has 0 saturated heterocycles. The first-order valence-electron chi connectivity index (χ1n) is 11.1. The molecule has 0 radical (unpaired) electrons. The van der Waals surface area contributed by atoms with E-state index in [1.807, 2.05) is 37.4 Å². The van der Waals surface area contributed by atoms with Gasteiger partial charge in [0.05, 0.1) is 5.69 Å². The number of hydrogen-bond acceptors (Lipinski definition) is 2. The van der Waals surface area contributed by atoms with Crippen molar-refractivity contribution in [2.24, 2.45) is 0 Å². The molecule has 150 valence electrons. The van der Waals surface area contributed by atoms with E-state index in [4.69, 9.17) is 1.37 Å². The quantitative estimate of drug-likeness (QED) is 0.256. The lowest BCUT2D eigenvalue weighted by atomic mass is 9.99. The van der Waals surface area contributed by atoms with E-state index < -0.39 is 5.89 Å². The normalized spacial score (nSPS) is 12.8. The summed E-state index contributed by atoms with van der Waals surface area (Å²) in [5, 5.41) is 7.68. The highest BCUT2D eigenvalue weighted by Crippen LogP contribution is 2.41. The number of pyridine rings is 1. The summed E-state index contributed by atoms with van der Waals surface area (Å²) in [5.74, 6) is -0.649. The number of hydrogen-bond donors (Lipinski definition) is 0. The van der Waals surface area contributed by atoms with Crippen molar-refractivity contribution in [1.82, 2.24) is 4.98 Å². The first kappa shape index (κ1) is 17.5. The molecule has 0 spiro atoms. The van der Waals surface area contributed by atoms with Crippen molar-refractivity contribution in [2.45, 2.75) is 26.7 Å². The molecule has 4 aromatic carbocycles. The van der Waals surface area contributed by atoms with Gasteiger partial charge in [-0.15, -0.1) is 11.3 Å². The third kappa shape index (κ3) is 3.02. The minimum Gasteiger partial charge on any atom is -0.256 e. The summed E-state index contributed by atoms with van der Waals surface area (Å²) in [6.45, 7) is 5.98. The van der Waals surface area contributed by atoms with Crippen LogP contribution in [0.2, 0.25) is 0 Å². The molecule has 1 nitrogen and oxygen atoms in total. The van der Waals surface area contributed by atoms with Crippen LogP contribution in [-0.2, 0) is 0 Å². The average molecular weight is 419 g/mol. The first-order chi connectivity index (χ1) is 15.4. The molecule has 0 N–H and O–H groups in total. The summed E-state index contributed by atoms with van der Waals surface area (Å²) in [5.41, 5.74) is 4.34. The Hall–Kier alpha value is -3.23. The molecule has 2 heteroatoms. The summed E-state index contributed by atoms with van der Waals surface area (Å²) in [4.78, 5) is 4.67. The van der Waals surface area contributed by atoms with Gasteiger partial charge >= 0.3 is 0 Å². The van der Waals surface area contributed by atoms with Gasteiger partial charge in [0.15, 0.2) is 0 Å². The Morgan fingerprint density at radius 3 is 2.48 bits per heavy atom. The van der Waals surface area contributed by atoms with Crippen molar-refractivity contribution in [1.29, 1.82) is 0 Å². The zero-order valence-electron chi connectivity index (χ0n) is 18.9. The molecule has 2 aromatic heterocycles. The van der Waals surface area contributed by atoms with Gasteiger partial charge in [-0.3, -0.25) is 4.98 Å². The molecular weight excluding hydrogens is 394 g/mol. The predicted octanol–water partition coefficient (Wildman–Crippen LogP) is 8.85. The molecule has 0 atom stereocenters. The average Bonchev–Trinajstić information content (AvgIpc) is 3.13. The highest BCUT2D eigenvalue weighted by atomic mass is 32.1. The number of thiophene rings is 1. The number of rotatable bonds is 2. The van der Waals surface area contributed by atoms with E-state index >= 15 is 0 Å². The SMILES string of the molecule is [2H]C(C)(C)c1ccnc(-c2cccc3c2sc2cc4cc5cc(C)ccc5cc4cc23)c1. The van der Waals surface area contributed by atoms with Gasteiger partial charge in [-0.2, -0.15) is 0 Å². The van der Waals surface area contributed by atoms with Gasteiger partial charge in [-0.25, -0.2) is 0 Å². The summed E-state index contributed by atoms with van der Waals surface area (Å²) in [6, 6.07) is 26.4. The molecule has 31 heavy (non-hydrogen) atoms. The fourth-order valence-electron chi connectivity index (χ4n) is 4.50. The second-order valence-corrected chi connectivity index (χ2v) is 9.66.